The molecule has 0 saturated carbocycles. The van der Waals surface area contributed by atoms with Crippen LogP contribution in [-0.2, 0) is 0 Å². The highest BCUT2D eigenvalue weighted by atomic mass is 16.2. The number of benzene rings is 1. The van der Waals surface area contributed by atoms with E-state index in [-0.39, 0.29) is 12.1 Å². The van der Waals surface area contributed by atoms with Crippen molar-refractivity contribution in [3.8, 4) is 0 Å². The van der Waals surface area contributed by atoms with Gasteiger partial charge in [0, 0.05) is 25.8 Å². The summed E-state index contributed by atoms with van der Waals surface area (Å²) in [5.41, 5.74) is 7.74. The monoisotopic (exact) mass is 219 g/mol. The fraction of sp³-hybridized carbons (Fsp3) is 0.417. The van der Waals surface area contributed by atoms with E-state index in [2.05, 4.69) is 0 Å². The van der Waals surface area contributed by atoms with Crippen molar-refractivity contribution in [1.29, 1.82) is 0 Å². The molecule has 0 aromatic heterocycles. The van der Waals surface area contributed by atoms with Crippen LogP contribution in [0, 0.1) is 6.92 Å². The van der Waals surface area contributed by atoms with E-state index in [1.54, 1.807) is 16.8 Å². The summed E-state index contributed by atoms with van der Waals surface area (Å²) in [5, 5.41) is 0. The van der Waals surface area contributed by atoms with Crippen molar-refractivity contribution in [2.24, 2.45) is 5.73 Å². The van der Waals surface area contributed by atoms with E-state index in [4.69, 9.17) is 5.73 Å². The number of para-hydroxylation sites is 1. The van der Waals surface area contributed by atoms with Crippen LogP contribution in [0.5, 0.6) is 0 Å². The zero-order chi connectivity index (χ0) is 11.7. The minimum atomic E-state index is 0.0322. The Labute approximate surface area is 95.6 Å². The van der Waals surface area contributed by atoms with Gasteiger partial charge in [-0.05, 0) is 18.6 Å². The molecule has 0 aliphatic carbocycles. The molecule has 1 saturated heterocycles. The molecule has 4 heteroatoms. The first kappa shape index (κ1) is 11.0. The first-order chi connectivity index (χ1) is 7.65. The maximum Gasteiger partial charge on any atom is 0.324 e. The Morgan fingerprint density at radius 1 is 1.44 bits per heavy atom. The van der Waals surface area contributed by atoms with Gasteiger partial charge in [-0.1, -0.05) is 18.2 Å². The van der Waals surface area contributed by atoms with E-state index in [0.717, 1.165) is 11.3 Å². The lowest BCUT2D eigenvalue weighted by atomic mass is 10.2. The Morgan fingerprint density at radius 2 is 2.12 bits per heavy atom. The standard InChI is InChI=1S/C12H17N3O/c1-9-5-3-4-6-11(9)15-8-10(7-13)14(2)12(15)16/h3-6,10H,7-8,13H2,1-2H3. The number of hydrogen-bond acceptors (Lipinski definition) is 2. The van der Waals surface area contributed by atoms with Crippen molar-refractivity contribution in [2.75, 3.05) is 25.0 Å². The molecular weight excluding hydrogens is 202 g/mol. The molecule has 2 rings (SSSR count). The number of carbonyl (C=O) groups excluding carboxylic acids is 1. The number of nitrogens with two attached hydrogens (primary N) is 1. The first-order valence-corrected chi connectivity index (χ1v) is 5.45. The number of anilines is 1. The number of nitrogens with zero attached hydrogens (tertiary/aromatic N) is 2. The van der Waals surface area contributed by atoms with Gasteiger partial charge in [-0.2, -0.15) is 0 Å². The smallest absolute Gasteiger partial charge is 0.324 e. The average molecular weight is 219 g/mol. The van der Waals surface area contributed by atoms with Crippen molar-refractivity contribution < 1.29 is 4.79 Å². The summed E-state index contributed by atoms with van der Waals surface area (Å²) in [4.78, 5) is 15.5. The summed E-state index contributed by atoms with van der Waals surface area (Å²) < 4.78 is 0. The molecular formula is C12H17N3O. The van der Waals surface area contributed by atoms with Crippen LogP contribution in [0.3, 0.4) is 0 Å². The maximum absolute atomic E-state index is 12.0. The van der Waals surface area contributed by atoms with Crippen molar-refractivity contribution in [3.63, 3.8) is 0 Å². The van der Waals surface area contributed by atoms with Crippen LogP contribution >= 0.6 is 0 Å². The number of hydrogen-bond donors (Lipinski definition) is 1. The summed E-state index contributed by atoms with van der Waals surface area (Å²) in [7, 11) is 1.80. The molecule has 1 fully saturated rings. The van der Waals surface area contributed by atoms with E-state index < -0.39 is 0 Å². The van der Waals surface area contributed by atoms with Crippen molar-refractivity contribution in [1.82, 2.24) is 4.90 Å². The second-order valence-electron chi connectivity index (χ2n) is 4.18. The van der Waals surface area contributed by atoms with Crippen LogP contribution in [0.1, 0.15) is 5.56 Å². The van der Waals surface area contributed by atoms with Crippen LogP contribution in [0.4, 0.5) is 10.5 Å². The van der Waals surface area contributed by atoms with Crippen LogP contribution in [0.25, 0.3) is 0 Å². The van der Waals surface area contributed by atoms with Gasteiger partial charge in [0.2, 0.25) is 0 Å². The van der Waals surface area contributed by atoms with Gasteiger partial charge in [0.25, 0.3) is 0 Å². The Kier molecular flexibility index (Phi) is 2.83. The predicted molar refractivity (Wildman–Crippen MR) is 64.5 cm³/mol. The number of likely N-dealkylation sites (N-methyl/N-ethyl adjacent to an activating group) is 1. The van der Waals surface area contributed by atoms with E-state index in [1.165, 1.54) is 0 Å². The number of amides is 2. The minimum Gasteiger partial charge on any atom is -0.328 e. The van der Waals surface area contributed by atoms with E-state index in [0.29, 0.717) is 13.1 Å². The lowest BCUT2D eigenvalue weighted by Crippen LogP contribution is -2.35. The van der Waals surface area contributed by atoms with E-state index in [9.17, 15) is 4.79 Å². The lowest BCUT2D eigenvalue weighted by molar-refractivity contribution is 0.219. The molecule has 1 heterocycles. The second-order valence-corrected chi connectivity index (χ2v) is 4.18. The van der Waals surface area contributed by atoms with Crippen LogP contribution in [0.15, 0.2) is 24.3 Å². The van der Waals surface area contributed by atoms with Gasteiger partial charge in [0.15, 0.2) is 0 Å². The quantitative estimate of drug-likeness (QED) is 0.812. The highest BCUT2D eigenvalue weighted by Gasteiger charge is 2.34. The molecule has 4 nitrogen and oxygen atoms in total. The normalized spacial score (nSPS) is 20.7. The van der Waals surface area contributed by atoms with Gasteiger partial charge >= 0.3 is 6.03 Å². The van der Waals surface area contributed by atoms with Gasteiger partial charge in [0.1, 0.15) is 0 Å². The molecule has 0 spiro atoms. The lowest BCUT2D eigenvalue weighted by Gasteiger charge is -2.17. The van der Waals surface area contributed by atoms with E-state index >= 15 is 0 Å². The molecule has 2 N–H and O–H groups in total. The third kappa shape index (κ3) is 1.65. The first-order valence-electron chi connectivity index (χ1n) is 5.45. The maximum atomic E-state index is 12.0. The molecule has 16 heavy (non-hydrogen) atoms. The number of carbonyl (C=O) groups is 1. The molecule has 1 aliphatic heterocycles. The van der Waals surface area contributed by atoms with E-state index in [1.807, 2.05) is 31.2 Å². The van der Waals surface area contributed by atoms with Gasteiger partial charge in [0.05, 0.1) is 6.04 Å². The molecule has 1 aromatic rings. The molecule has 1 aliphatic rings. The number of urea groups is 1. The third-order valence-electron chi connectivity index (χ3n) is 3.15. The third-order valence-corrected chi connectivity index (χ3v) is 3.15. The second kappa shape index (κ2) is 4.14. The van der Waals surface area contributed by atoms with Crippen molar-refractivity contribution >= 4 is 11.7 Å². The highest BCUT2D eigenvalue weighted by Crippen LogP contribution is 2.25. The Balaban J connectivity index is 2.30. The van der Waals surface area contributed by atoms with Crippen molar-refractivity contribution in [3.05, 3.63) is 29.8 Å². The minimum absolute atomic E-state index is 0.0322. The SMILES string of the molecule is Cc1ccccc1N1CC(CN)N(C)C1=O. The summed E-state index contributed by atoms with van der Waals surface area (Å²) in [6.07, 6.45) is 0. The fourth-order valence-corrected chi connectivity index (χ4v) is 2.06. The zero-order valence-electron chi connectivity index (χ0n) is 9.68. The van der Waals surface area contributed by atoms with Crippen molar-refractivity contribution in [2.45, 2.75) is 13.0 Å². The molecule has 1 aromatic carbocycles. The Hall–Kier alpha value is -1.55. The average Bonchev–Trinajstić information content (AvgIpc) is 2.57. The number of rotatable bonds is 2. The molecule has 1 atom stereocenters. The van der Waals surface area contributed by atoms with Gasteiger partial charge in [-0.15, -0.1) is 0 Å². The largest absolute Gasteiger partial charge is 0.328 e. The molecule has 2 amide bonds. The fourth-order valence-electron chi connectivity index (χ4n) is 2.06. The topological polar surface area (TPSA) is 49.6 Å². The Bertz CT molecular complexity index is 405. The predicted octanol–water partition coefficient (Wildman–Crippen LogP) is 1.19. The van der Waals surface area contributed by atoms with Crippen LogP contribution in [0.2, 0.25) is 0 Å². The van der Waals surface area contributed by atoms with Crippen LogP contribution < -0.4 is 10.6 Å². The van der Waals surface area contributed by atoms with Crippen LogP contribution in [-0.4, -0.2) is 37.1 Å². The summed E-state index contributed by atoms with van der Waals surface area (Å²) in [6.45, 7) is 3.19. The molecule has 1 unspecified atom stereocenters. The summed E-state index contributed by atoms with van der Waals surface area (Å²) in [6, 6.07) is 8.06. The van der Waals surface area contributed by atoms with Gasteiger partial charge in [-0.3, -0.25) is 4.90 Å². The Morgan fingerprint density at radius 3 is 2.69 bits per heavy atom. The molecule has 86 valence electrons. The highest BCUT2D eigenvalue weighted by molar-refractivity contribution is 5.95. The molecule has 0 radical (unpaired) electrons. The van der Waals surface area contributed by atoms with Gasteiger partial charge in [-0.25, -0.2) is 4.79 Å². The number of aryl methyl sites for hydroxylation is 1. The zero-order valence-corrected chi connectivity index (χ0v) is 9.68. The summed E-state index contributed by atoms with van der Waals surface area (Å²) in [5.74, 6) is 0. The van der Waals surface area contributed by atoms with Gasteiger partial charge < -0.3 is 10.6 Å². The summed E-state index contributed by atoms with van der Waals surface area (Å²) >= 11 is 0. The molecule has 0 bridgehead atoms.